The smallest absolute Gasteiger partial charge is 0.270 e. The largest absolute Gasteiger partial charge is 0.373 e. The first-order valence-electron chi connectivity index (χ1n) is 9.34. The number of hydrogen-bond donors (Lipinski definition) is 1. The van der Waals surface area contributed by atoms with Gasteiger partial charge in [0, 0.05) is 38.8 Å². The van der Waals surface area contributed by atoms with E-state index in [4.69, 9.17) is 5.73 Å². The molecular formula is C21H23N5O2. The Morgan fingerprint density at radius 1 is 1.04 bits per heavy atom. The molecule has 2 heterocycles. The minimum absolute atomic E-state index is 0.144. The fourth-order valence-corrected chi connectivity index (χ4v) is 3.73. The third-order valence-corrected chi connectivity index (χ3v) is 5.26. The number of para-hydroxylation sites is 2. The number of primary amides is 1. The Labute approximate surface area is 164 Å². The Hall–Kier alpha value is -3.35. The summed E-state index contributed by atoms with van der Waals surface area (Å²) in [5.74, 6) is -0.633. The fraction of sp³-hybridized carbons (Fsp3) is 0.286. The second kappa shape index (κ2) is 7.34. The van der Waals surface area contributed by atoms with Crippen molar-refractivity contribution < 1.29 is 9.59 Å². The third-order valence-electron chi connectivity index (χ3n) is 5.26. The van der Waals surface area contributed by atoms with Crippen LogP contribution >= 0.6 is 0 Å². The second-order valence-corrected chi connectivity index (χ2v) is 7.13. The number of nitrogens with zero attached hydrogens (tertiary/aromatic N) is 4. The van der Waals surface area contributed by atoms with E-state index in [1.807, 2.05) is 55.6 Å². The maximum atomic E-state index is 13.2. The number of hydrazone groups is 1. The Balaban J connectivity index is 1.60. The maximum absolute atomic E-state index is 13.2. The molecule has 7 nitrogen and oxygen atoms in total. The Kier molecular flexibility index (Phi) is 4.73. The van der Waals surface area contributed by atoms with E-state index in [9.17, 15) is 9.59 Å². The summed E-state index contributed by atoms with van der Waals surface area (Å²) in [5, 5.41) is 6.05. The van der Waals surface area contributed by atoms with Crippen LogP contribution < -0.4 is 15.6 Å². The lowest BCUT2D eigenvalue weighted by Crippen LogP contribution is -2.41. The summed E-state index contributed by atoms with van der Waals surface area (Å²) >= 11 is 0. The van der Waals surface area contributed by atoms with Gasteiger partial charge < -0.3 is 15.5 Å². The first-order chi connectivity index (χ1) is 13.5. The van der Waals surface area contributed by atoms with Gasteiger partial charge in [-0.3, -0.25) is 14.6 Å². The van der Waals surface area contributed by atoms with Gasteiger partial charge in [-0.2, -0.15) is 5.10 Å². The van der Waals surface area contributed by atoms with Crippen LogP contribution in [-0.4, -0.2) is 48.6 Å². The van der Waals surface area contributed by atoms with Crippen LogP contribution in [0, 0.1) is 0 Å². The van der Waals surface area contributed by atoms with Crippen molar-refractivity contribution in [1.29, 1.82) is 0 Å². The molecule has 0 radical (unpaired) electrons. The molecule has 2 amide bonds. The van der Waals surface area contributed by atoms with Crippen LogP contribution in [0.5, 0.6) is 0 Å². The SMILES string of the molecule is CN1CCN(C(=O)C2=NN(c3ccccc3)[C@@H](C(N)=O)C2)Cc2ccccc21. The van der Waals surface area contributed by atoms with Gasteiger partial charge in [-0.05, 0) is 23.8 Å². The summed E-state index contributed by atoms with van der Waals surface area (Å²) in [6.07, 6.45) is 0.219. The standard InChI is InChI=1S/C21H23N5O2/c1-24-11-12-25(14-15-7-5-6-10-18(15)24)21(28)17-13-19(20(22)27)26(23-17)16-8-3-2-4-9-16/h2-10,19H,11-14H2,1H3,(H2,22,27)/t19-/m1/s1. The summed E-state index contributed by atoms with van der Waals surface area (Å²) in [5.41, 5.74) is 8.93. The molecular weight excluding hydrogens is 354 g/mol. The van der Waals surface area contributed by atoms with Crippen molar-refractivity contribution in [2.75, 3.05) is 30.0 Å². The van der Waals surface area contributed by atoms with Gasteiger partial charge in [0.1, 0.15) is 11.8 Å². The van der Waals surface area contributed by atoms with Crippen molar-refractivity contribution in [3.05, 3.63) is 60.2 Å². The van der Waals surface area contributed by atoms with Crippen molar-refractivity contribution in [1.82, 2.24) is 4.90 Å². The average Bonchev–Trinajstić information content (AvgIpc) is 3.10. The van der Waals surface area contributed by atoms with Crippen LogP contribution in [0.2, 0.25) is 0 Å². The molecule has 0 saturated carbocycles. The lowest BCUT2D eigenvalue weighted by atomic mass is 10.1. The first-order valence-corrected chi connectivity index (χ1v) is 9.34. The molecule has 0 aromatic heterocycles. The van der Waals surface area contributed by atoms with E-state index in [-0.39, 0.29) is 12.3 Å². The van der Waals surface area contributed by atoms with E-state index in [0.717, 1.165) is 23.5 Å². The molecule has 2 aliphatic heterocycles. The topological polar surface area (TPSA) is 82.2 Å². The highest BCUT2D eigenvalue weighted by atomic mass is 16.2. The lowest BCUT2D eigenvalue weighted by molar-refractivity contribution is -0.124. The van der Waals surface area contributed by atoms with Gasteiger partial charge in [0.25, 0.3) is 5.91 Å². The van der Waals surface area contributed by atoms with Crippen molar-refractivity contribution in [2.45, 2.75) is 19.0 Å². The number of likely N-dealkylation sites (N-methyl/N-ethyl adjacent to an activating group) is 1. The summed E-state index contributed by atoms with van der Waals surface area (Å²) < 4.78 is 0. The molecule has 28 heavy (non-hydrogen) atoms. The zero-order chi connectivity index (χ0) is 19.7. The van der Waals surface area contributed by atoms with Gasteiger partial charge in [0.05, 0.1) is 5.69 Å². The molecule has 2 aromatic rings. The molecule has 0 unspecified atom stereocenters. The summed E-state index contributed by atoms with van der Waals surface area (Å²) in [4.78, 5) is 29.1. The van der Waals surface area contributed by atoms with Gasteiger partial charge in [-0.15, -0.1) is 0 Å². The lowest BCUT2D eigenvalue weighted by Gasteiger charge is -2.20. The van der Waals surface area contributed by atoms with Crippen LogP contribution in [0.1, 0.15) is 12.0 Å². The number of nitrogens with two attached hydrogens (primary N) is 1. The highest BCUT2D eigenvalue weighted by Crippen LogP contribution is 2.27. The van der Waals surface area contributed by atoms with Crippen molar-refractivity contribution in [3.8, 4) is 0 Å². The molecule has 0 fully saturated rings. The molecule has 2 N–H and O–H groups in total. The molecule has 0 bridgehead atoms. The Bertz CT molecular complexity index is 927. The molecule has 144 valence electrons. The predicted octanol–water partition coefficient (Wildman–Crippen LogP) is 1.59. The summed E-state index contributed by atoms with van der Waals surface area (Å²) in [6, 6.07) is 16.8. The van der Waals surface area contributed by atoms with Gasteiger partial charge in [0.15, 0.2) is 0 Å². The van der Waals surface area contributed by atoms with Gasteiger partial charge in [-0.25, -0.2) is 0 Å². The van der Waals surface area contributed by atoms with E-state index in [1.54, 1.807) is 9.91 Å². The predicted molar refractivity (Wildman–Crippen MR) is 109 cm³/mol. The highest BCUT2D eigenvalue weighted by molar-refractivity contribution is 6.40. The summed E-state index contributed by atoms with van der Waals surface area (Å²) in [6.45, 7) is 1.85. The van der Waals surface area contributed by atoms with Crippen LogP contribution in [-0.2, 0) is 16.1 Å². The minimum atomic E-state index is -0.650. The van der Waals surface area contributed by atoms with Crippen LogP contribution in [0.25, 0.3) is 0 Å². The van der Waals surface area contributed by atoms with E-state index in [2.05, 4.69) is 16.1 Å². The highest BCUT2D eigenvalue weighted by Gasteiger charge is 2.37. The van der Waals surface area contributed by atoms with E-state index >= 15 is 0 Å². The normalized spacial score (nSPS) is 19.1. The Morgan fingerprint density at radius 2 is 1.75 bits per heavy atom. The molecule has 1 atom stereocenters. The van der Waals surface area contributed by atoms with Gasteiger partial charge >= 0.3 is 0 Å². The number of carbonyl (C=O) groups is 2. The van der Waals surface area contributed by atoms with Crippen molar-refractivity contribution in [2.24, 2.45) is 10.8 Å². The summed E-state index contributed by atoms with van der Waals surface area (Å²) in [7, 11) is 2.03. The van der Waals surface area contributed by atoms with Gasteiger partial charge in [-0.1, -0.05) is 36.4 Å². The zero-order valence-corrected chi connectivity index (χ0v) is 15.8. The first kappa shape index (κ1) is 18.0. The number of hydrogen-bond acceptors (Lipinski definition) is 5. The monoisotopic (exact) mass is 377 g/mol. The second-order valence-electron chi connectivity index (χ2n) is 7.13. The molecule has 2 aromatic carbocycles. The number of rotatable bonds is 3. The number of benzene rings is 2. The maximum Gasteiger partial charge on any atom is 0.270 e. The van der Waals surface area contributed by atoms with Crippen molar-refractivity contribution >= 4 is 28.9 Å². The molecule has 4 rings (SSSR count). The molecule has 7 heteroatoms. The van der Waals surface area contributed by atoms with Crippen LogP contribution in [0.15, 0.2) is 59.7 Å². The fourth-order valence-electron chi connectivity index (χ4n) is 3.73. The van der Waals surface area contributed by atoms with Crippen LogP contribution in [0.3, 0.4) is 0 Å². The minimum Gasteiger partial charge on any atom is -0.373 e. The molecule has 2 aliphatic rings. The number of anilines is 2. The van der Waals surface area contributed by atoms with E-state index in [1.165, 1.54) is 0 Å². The average molecular weight is 377 g/mol. The number of carbonyl (C=O) groups excluding carboxylic acids is 2. The quantitative estimate of drug-likeness (QED) is 0.881. The number of fused-ring (bicyclic) bond motifs is 1. The molecule has 0 spiro atoms. The van der Waals surface area contributed by atoms with Gasteiger partial charge in [0.2, 0.25) is 5.91 Å². The third kappa shape index (κ3) is 3.31. The van der Waals surface area contributed by atoms with Crippen molar-refractivity contribution in [3.63, 3.8) is 0 Å². The molecule has 0 saturated heterocycles. The van der Waals surface area contributed by atoms with Crippen LogP contribution in [0.4, 0.5) is 11.4 Å². The molecule has 0 aliphatic carbocycles. The Morgan fingerprint density at radius 3 is 2.50 bits per heavy atom. The number of amides is 2. The van der Waals surface area contributed by atoms with E-state index in [0.29, 0.717) is 18.8 Å². The zero-order valence-electron chi connectivity index (χ0n) is 15.8. The van der Waals surface area contributed by atoms with E-state index < -0.39 is 11.9 Å².